The minimum atomic E-state index is -4.09. The van der Waals surface area contributed by atoms with Crippen molar-refractivity contribution in [3.05, 3.63) is 78.4 Å². The zero-order valence-corrected chi connectivity index (χ0v) is 17.0. The van der Waals surface area contributed by atoms with Crippen molar-refractivity contribution in [2.24, 2.45) is 0 Å². The zero-order valence-electron chi connectivity index (χ0n) is 15.4. The van der Waals surface area contributed by atoms with E-state index in [4.69, 9.17) is 0 Å². The van der Waals surface area contributed by atoms with Crippen LogP contribution >= 0.6 is 0 Å². The molecular weight excluding hydrogens is 396 g/mol. The Balaban J connectivity index is 2.31. The largest absolute Gasteiger partial charge is 0.507 e. The summed E-state index contributed by atoms with van der Waals surface area (Å²) in [4.78, 5) is -0.519. The second kappa shape index (κ2) is 7.41. The number of benzene rings is 3. The van der Waals surface area contributed by atoms with Gasteiger partial charge < -0.3 is 5.11 Å². The van der Waals surface area contributed by atoms with E-state index in [1.807, 2.05) is 0 Å². The Hall–Kier alpha value is -2.64. The van der Waals surface area contributed by atoms with E-state index in [1.165, 1.54) is 30.3 Å². The standard InChI is InChI=1S/C21H20O5S2/c1-15(2)18-13-19(22)21(28(25,26)17-11-7-4-8-12-17)14-20(18)27(23,24)16-9-5-3-6-10-16/h3-15,22H,1-2H3. The van der Waals surface area contributed by atoms with Gasteiger partial charge in [-0.15, -0.1) is 0 Å². The van der Waals surface area contributed by atoms with Gasteiger partial charge in [0.1, 0.15) is 10.6 Å². The molecule has 0 aliphatic heterocycles. The number of hydrogen-bond donors (Lipinski definition) is 1. The van der Waals surface area contributed by atoms with Gasteiger partial charge in [0, 0.05) is 0 Å². The zero-order chi connectivity index (χ0) is 20.5. The lowest BCUT2D eigenvalue weighted by atomic mass is 10.0. The molecule has 0 aliphatic carbocycles. The van der Waals surface area contributed by atoms with Crippen LogP contribution in [-0.4, -0.2) is 21.9 Å². The summed E-state index contributed by atoms with van der Waals surface area (Å²) < 4.78 is 52.4. The van der Waals surface area contributed by atoms with E-state index >= 15 is 0 Å². The van der Waals surface area contributed by atoms with E-state index in [9.17, 15) is 21.9 Å². The van der Waals surface area contributed by atoms with Gasteiger partial charge in [-0.2, -0.15) is 0 Å². The molecule has 3 rings (SSSR count). The van der Waals surface area contributed by atoms with Gasteiger partial charge in [-0.1, -0.05) is 50.2 Å². The smallest absolute Gasteiger partial charge is 0.210 e. The molecule has 0 saturated heterocycles. The number of rotatable bonds is 5. The van der Waals surface area contributed by atoms with Crippen molar-refractivity contribution in [3.8, 4) is 5.75 Å². The van der Waals surface area contributed by atoms with Crippen molar-refractivity contribution >= 4 is 19.7 Å². The monoisotopic (exact) mass is 416 g/mol. The van der Waals surface area contributed by atoms with Gasteiger partial charge in [0.2, 0.25) is 19.7 Å². The van der Waals surface area contributed by atoms with Crippen molar-refractivity contribution in [2.75, 3.05) is 0 Å². The van der Waals surface area contributed by atoms with E-state index in [0.717, 1.165) is 6.07 Å². The fourth-order valence-corrected chi connectivity index (χ4v) is 6.02. The average Bonchev–Trinajstić information content (AvgIpc) is 2.68. The molecule has 0 atom stereocenters. The molecule has 0 bridgehead atoms. The van der Waals surface area contributed by atoms with Crippen molar-refractivity contribution in [2.45, 2.75) is 39.3 Å². The van der Waals surface area contributed by atoms with E-state index in [0.29, 0.717) is 5.56 Å². The molecule has 5 nitrogen and oxygen atoms in total. The fourth-order valence-electron chi connectivity index (χ4n) is 2.92. The first kappa shape index (κ1) is 20.1. The lowest BCUT2D eigenvalue weighted by Gasteiger charge is -2.17. The first-order valence-electron chi connectivity index (χ1n) is 8.63. The maximum absolute atomic E-state index is 13.2. The maximum atomic E-state index is 13.2. The van der Waals surface area contributed by atoms with E-state index in [1.54, 1.807) is 50.2 Å². The van der Waals surface area contributed by atoms with Crippen LogP contribution in [0.15, 0.2) is 92.4 Å². The van der Waals surface area contributed by atoms with Gasteiger partial charge in [-0.05, 0) is 47.9 Å². The molecule has 0 fully saturated rings. The summed E-state index contributed by atoms with van der Waals surface area (Å²) in [6.07, 6.45) is 0. The van der Waals surface area contributed by atoms with Crippen LogP contribution in [-0.2, 0) is 19.7 Å². The molecule has 0 aromatic heterocycles. The third-order valence-corrected chi connectivity index (χ3v) is 8.02. The van der Waals surface area contributed by atoms with Crippen LogP contribution in [0, 0.1) is 0 Å². The topological polar surface area (TPSA) is 88.5 Å². The molecule has 3 aromatic rings. The van der Waals surface area contributed by atoms with Crippen molar-refractivity contribution in [1.82, 2.24) is 0 Å². The first-order valence-corrected chi connectivity index (χ1v) is 11.6. The molecule has 0 heterocycles. The van der Waals surface area contributed by atoms with Gasteiger partial charge in [0.05, 0.1) is 14.7 Å². The second-order valence-electron chi connectivity index (χ2n) is 6.65. The van der Waals surface area contributed by atoms with Gasteiger partial charge in [0.15, 0.2) is 0 Å². The molecule has 28 heavy (non-hydrogen) atoms. The first-order chi connectivity index (χ1) is 13.2. The molecular formula is C21H20O5S2. The van der Waals surface area contributed by atoms with Crippen LogP contribution in [0.2, 0.25) is 0 Å². The molecule has 0 aliphatic rings. The lowest BCUT2D eigenvalue weighted by Crippen LogP contribution is -2.10. The predicted octanol–water partition coefficient (Wildman–Crippen LogP) is 4.18. The normalized spacial score (nSPS) is 12.2. The van der Waals surface area contributed by atoms with Crippen LogP contribution in [0.25, 0.3) is 0 Å². The predicted molar refractivity (Wildman–Crippen MR) is 106 cm³/mol. The summed E-state index contributed by atoms with van der Waals surface area (Å²) in [6.45, 7) is 3.56. The Bertz CT molecular complexity index is 1200. The molecule has 0 unspecified atom stereocenters. The highest BCUT2D eigenvalue weighted by Gasteiger charge is 2.29. The van der Waals surface area contributed by atoms with E-state index in [-0.39, 0.29) is 20.6 Å². The third kappa shape index (κ3) is 3.55. The van der Waals surface area contributed by atoms with Crippen LogP contribution in [0.4, 0.5) is 0 Å². The van der Waals surface area contributed by atoms with E-state index < -0.39 is 30.3 Å². The number of phenols is 1. The second-order valence-corrected chi connectivity index (χ2v) is 10.5. The number of sulfone groups is 2. The van der Waals surface area contributed by atoms with Gasteiger partial charge in [0.25, 0.3) is 0 Å². The van der Waals surface area contributed by atoms with Crippen molar-refractivity contribution in [1.29, 1.82) is 0 Å². The summed E-state index contributed by atoms with van der Waals surface area (Å²) in [5, 5.41) is 10.4. The van der Waals surface area contributed by atoms with Crippen LogP contribution in [0.1, 0.15) is 25.3 Å². The quantitative estimate of drug-likeness (QED) is 0.674. The maximum Gasteiger partial charge on any atom is 0.210 e. The summed E-state index contributed by atoms with van der Waals surface area (Å²) in [5.74, 6) is -0.715. The number of aromatic hydroxyl groups is 1. The highest BCUT2D eigenvalue weighted by atomic mass is 32.2. The minimum Gasteiger partial charge on any atom is -0.507 e. The molecule has 0 radical (unpaired) electrons. The molecule has 146 valence electrons. The van der Waals surface area contributed by atoms with Crippen molar-refractivity contribution in [3.63, 3.8) is 0 Å². The van der Waals surface area contributed by atoms with Crippen LogP contribution in [0.3, 0.4) is 0 Å². The lowest BCUT2D eigenvalue weighted by molar-refractivity contribution is 0.456. The molecule has 0 spiro atoms. The number of phenolic OH excluding ortho intramolecular Hbond substituents is 1. The Morgan fingerprint density at radius 3 is 1.54 bits per heavy atom. The number of hydrogen-bond acceptors (Lipinski definition) is 5. The highest BCUT2D eigenvalue weighted by Crippen LogP contribution is 2.37. The van der Waals surface area contributed by atoms with Crippen LogP contribution < -0.4 is 0 Å². The van der Waals surface area contributed by atoms with E-state index in [2.05, 4.69) is 0 Å². The van der Waals surface area contributed by atoms with Crippen LogP contribution in [0.5, 0.6) is 5.75 Å². The van der Waals surface area contributed by atoms with Gasteiger partial charge in [-0.3, -0.25) is 0 Å². The summed E-state index contributed by atoms with van der Waals surface area (Å²) >= 11 is 0. The Kier molecular flexibility index (Phi) is 5.32. The fraction of sp³-hybridized carbons (Fsp3) is 0.143. The third-order valence-electron chi connectivity index (χ3n) is 4.40. The summed E-state index contributed by atoms with van der Waals surface area (Å²) in [6, 6.07) is 17.7. The highest BCUT2D eigenvalue weighted by molar-refractivity contribution is 7.92. The molecule has 1 N–H and O–H groups in total. The van der Waals surface area contributed by atoms with Gasteiger partial charge >= 0.3 is 0 Å². The summed E-state index contributed by atoms with van der Waals surface area (Å²) in [7, 11) is -8.06. The summed E-state index contributed by atoms with van der Waals surface area (Å²) in [5.41, 5.74) is 0.355. The Morgan fingerprint density at radius 2 is 1.11 bits per heavy atom. The van der Waals surface area contributed by atoms with Crippen molar-refractivity contribution < 1.29 is 21.9 Å². The minimum absolute atomic E-state index is 0.0225. The molecule has 0 amide bonds. The Labute approximate surface area is 165 Å². The molecule has 7 heteroatoms. The van der Waals surface area contributed by atoms with Gasteiger partial charge in [-0.25, -0.2) is 16.8 Å². The molecule has 0 saturated carbocycles. The average molecular weight is 417 g/mol. The Morgan fingerprint density at radius 1 is 0.679 bits per heavy atom. The molecule has 3 aromatic carbocycles. The SMILES string of the molecule is CC(C)c1cc(O)c(S(=O)(=O)c2ccccc2)cc1S(=O)(=O)c1ccccc1.